The molecule has 4 rings (SSSR count). The highest BCUT2D eigenvalue weighted by Gasteiger charge is 2.28. The van der Waals surface area contributed by atoms with Crippen molar-refractivity contribution in [1.82, 2.24) is 14.9 Å². The van der Waals surface area contributed by atoms with Crippen LogP contribution in [0.3, 0.4) is 0 Å². The first-order valence-electron chi connectivity index (χ1n) is 10.3. The number of piperidine rings is 1. The van der Waals surface area contributed by atoms with Crippen LogP contribution in [0.15, 0.2) is 36.8 Å². The maximum Gasteiger partial charge on any atom is 0.410 e. The van der Waals surface area contributed by atoms with E-state index in [-0.39, 0.29) is 12.1 Å². The zero-order valence-corrected chi connectivity index (χ0v) is 18.7. The molecule has 1 unspecified atom stereocenters. The molecule has 0 aromatic carbocycles. The van der Waals surface area contributed by atoms with Crippen LogP contribution in [0, 0.1) is 11.3 Å². The molecule has 0 radical (unpaired) electrons. The molecule has 1 aliphatic rings. The number of nitrogens with one attached hydrogen (secondary N) is 1. The molecule has 1 saturated heterocycles. The van der Waals surface area contributed by atoms with Crippen LogP contribution < -0.4 is 5.32 Å². The monoisotopic (exact) mass is 435 g/mol. The lowest BCUT2D eigenvalue weighted by atomic mass is 10.1. The van der Waals surface area contributed by atoms with Crippen molar-refractivity contribution in [3.05, 3.63) is 42.4 Å². The van der Waals surface area contributed by atoms with Gasteiger partial charge in [-0.25, -0.2) is 9.78 Å². The number of ether oxygens (including phenoxy) is 1. The lowest BCUT2D eigenvalue weighted by Crippen LogP contribution is -2.47. The smallest absolute Gasteiger partial charge is 0.410 e. The number of nitrogens with zero attached hydrogens (tertiary/aromatic N) is 4. The summed E-state index contributed by atoms with van der Waals surface area (Å²) in [5.41, 5.74) is 1.10. The highest BCUT2D eigenvalue weighted by atomic mass is 32.1. The minimum atomic E-state index is -0.516. The number of anilines is 1. The normalized spacial score (nSPS) is 16.7. The molecular formula is C23H25N5O2S. The molecule has 0 spiro atoms. The van der Waals surface area contributed by atoms with Gasteiger partial charge in [0.15, 0.2) is 0 Å². The Hall–Kier alpha value is -3.18. The molecule has 0 saturated carbocycles. The minimum absolute atomic E-state index is 0.0641. The van der Waals surface area contributed by atoms with E-state index in [1.165, 1.54) is 0 Å². The summed E-state index contributed by atoms with van der Waals surface area (Å²) >= 11 is 1.57. The summed E-state index contributed by atoms with van der Waals surface area (Å²) in [7, 11) is 0. The molecule has 0 bridgehead atoms. The molecule has 1 aliphatic heterocycles. The Morgan fingerprint density at radius 1 is 1.35 bits per heavy atom. The number of likely N-dealkylation sites (tertiary alicyclic amines) is 1. The van der Waals surface area contributed by atoms with Gasteiger partial charge in [-0.1, -0.05) is 0 Å². The Balaban J connectivity index is 1.59. The summed E-state index contributed by atoms with van der Waals surface area (Å²) in [4.78, 5) is 23.9. The SMILES string of the molecule is CC(C)(C)OC(=O)N1CCCC(Nc2ncc(C#N)c3sc(-c4ccncc4)cc23)C1. The largest absolute Gasteiger partial charge is 0.444 e. The van der Waals surface area contributed by atoms with E-state index in [1.54, 1.807) is 34.8 Å². The molecule has 1 atom stereocenters. The lowest BCUT2D eigenvalue weighted by Gasteiger charge is -2.34. The summed E-state index contributed by atoms with van der Waals surface area (Å²) in [6.07, 6.45) is 6.68. The zero-order chi connectivity index (χ0) is 22.0. The average Bonchev–Trinajstić information content (AvgIpc) is 3.20. The number of thiophene rings is 1. The van der Waals surface area contributed by atoms with Crippen molar-refractivity contribution in [2.45, 2.75) is 45.3 Å². The number of nitriles is 1. The number of carbonyl (C=O) groups is 1. The Labute approximate surface area is 185 Å². The Morgan fingerprint density at radius 3 is 2.84 bits per heavy atom. The van der Waals surface area contributed by atoms with Crippen molar-refractivity contribution < 1.29 is 9.53 Å². The quantitative estimate of drug-likeness (QED) is 0.620. The first-order chi connectivity index (χ1) is 14.8. The van der Waals surface area contributed by atoms with Gasteiger partial charge in [-0.3, -0.25) is 4.98 Å². The summed E-state index contributed by atoms with van der Waals surface area (Å²) in [6, 6.07) is 8.29. The number of fused-ring (bicyclic) bond motifs is 1. The van der Waals surface area contributed by atoms with Gasteiger partial charge >= 0.3 is 6.09 Å². The van der Waals surface area contributed by atoms with Gasteiger partial charge in [0.25, 0.3) is 0 Å². The van der Waals surface area contributed by atoms with Crippen molar-refractivity contribution in [3.63, 3.8) is 0 Å². The Kier molecular flexibility index (Phi) is 5.79. The number of pyridine rings is 2. The molecule has 3 aromatic heterocycles. The predicted octanol–water partition coefficient (Wildman–Crippen LogP) is 5.04. The van der Waals surface area contributed by atoms with Crippen molar-refractivity contribution >= 4 is 33.3 Å². The summed E-state index contributed by atoms with van der Waals surface area (Å²) < 4.78 is 6.44. The first-order valence-corrected chi connectivity index (χ1v) is 11.1. The van der Waals surface area contributed by atoms with Crippen LogP contribution in [0.25, 0.3) is 20.5 Å². The van der Waals surface area contributed by atoms with Gasteiger partial charge < -0.3 is 15.0 Å². The van der Waals surface area contributed by atoms with E-state index in [4.69, 9.17) is 4.74 Å². The summed E-state index contributed by atoms with van der Waals surface area (Å²) in [6.45, 7) is 6.87. The fraction of sp³-hybridized carbons (Fsp3) is 0.391. The van der Waals surface area contributed by atoms with Crippen LogP contribution in [0.5, 0.6) is 0 Å². The second kappa shape index (κ2) is 8.52. The fourth-order valence-electron chi connectivity index (χ4n) is 3.66. The van der Waals surface area contributed by atoms with Crippen molar-refractivity contribution in [2.24, 2.45) is 0 Å². The number of aromatic nitrogens is 2. The zero-order valence-electron chi connectivity index (χ0n) is 17.9. The molecule has 1 amide bonds. The topological polar surface area (TPSA) is 91.1 Å². The molecule has 1 fully saturated rings. The van der Waals surface area contributed by atoms with Crippen molar-refractivity contribution in [1.29, 1.82) is 5.26 Å². The maximum absolute atomic E-state index is 12.5. The fourth-order valence-corrected chi connectivity index (χ4v) is 4.78. The molecule has 3 aromatic rings. The average molecular weight is 436 g/mol. The molecule has 160 valence electrons. The Morgan fingerprint density at radius 2 is 2.13 bits per heavy atom. The first kappa shape index (κ1) is 21.1. The second-order valence-electron chi connectivity index (χ2n) is 8.63. The predicted molar refractivity (Wildman–Crippen MR) is 122 cm³/mol. The van der Waals surface area contributed by atoms with Crippen LogP contribution in [0.4, 0.5) is 10.6 Å². The lowest BCUT2D eigenvalue weighted by molar-refractivity contribution is 0.0206. The van der Waals surface area contributed by atoms with E-state index in [9.17, 15) is 10.1 Å². The van der Waals surface area contributed by atoms with Gasteiger partial charge in [0, 0.05) is 48.0 Å². The third-order valence-corrected chi connectivity index (χ3v) is 6.27. The second-order valence-corrected chi connectivity index (χ2v) is 9.68. The van der Waals surface area contributed by atoms with Crippen LogP contribution in [-0.4, -0.2) is 45.7 Å². The molecule has 7 nitrogen and oxygen atoms in total. The number of carbonyl (C=O) groups excluding carboxylic acids is 1. The standard InChI is InChI=1S/C23H25N5O2S/c1-23(2,3)30-22(29)28-10-4-5-17(14-28)27-21-18-11-19(15-6-8-25-9-7-15)31-20(18)16(12-24)13-26-21/h6-9,11,13,17H,4-5,10,14H2,1-3H3,(H,26,27). The van der Waals surface area contributed by atoms with Gasteiger partial charge in [-0.2, -0.15) is 5.26 Å². The summed E-state index contributed by atoms with van der Waals surface area (Å²) in [5, 5.41) is 14.0. The molecule has 31 heavy (non-hydrogen) atoms. The molecule has 1 N–H and O–H groups in total. The maximum atomic E-state index is 12.5. The highest BCUT2D eigenvalue weighted by molar-refractivity contribution is 7.22. The van der Waals surface area contributed by atoms with Gasteiger partial charge in [-0.05, 0) is 57.4 Å². The van der Waals surface area contributed by atoms with Crippen molar-refractivity contribution in [3.8, 4) is 16.5 Å². The van der Waals surface area contributed by atoms with E-state index < -0.39 is 5.60 Å². The van der Waals surface area contributed by atoms with Gasteiger partial charge in [0.05, 0.1) is 10.3 Å². The van der Waals surface area contributed by atoms with Crippen molar-refractivity contribution in [2.75, 3.05) is 18.4 Å². The molecule has 4 heterocycles. The number of hydrogen-bond donors (Lipinski definition) is 1. The van der Waals surface area contributed by atoms with Gasteiger partial charge in [0.2, 0.25) is 0 Å². The number of amides is 1. The van der Waals surface area contributed by atoms with E-state index >= 15 is 0 Å². The number of rotatable bonds is 3. The van der Waals surface area contributed by atoms with E-state index in [0.29, 0.717) is 18.7 Å². The van der Waals surface area contributed by atoms with Gasteiger partial charge in [-0.15, -0.1) is 11.3 Å². The van der Waals surface area contributed by atoms with E-state index in [1.807, 2.05) is 32.9 Å². The van der Waals surface area contributed by atoms with E-state index in [0.717, 1.165) is 39.2 Å². The molecule has 0 aliphatic carbocycles. The van der Waals surface area contributed by atoms with Crippen LogP contribution in [-0.2, 0) is 4.74 Å². The molecular weight excluding hydrogens is 410 g/mol. The van der Waals surface area contributed by atoms with E-state index in [2.05, 4.69) is 27.4 Å². The van der Waals surface area contributed by atoms with Crippen LogP contribution in [0.1, 0.15) is 39.2 Å². The van der Waals surface area contributed by atoms with Crippen LogP contribution in [0.2, 0.25) is 0 Å². The molecule has 8 heteroatoms. The number of hydrogen-bond acceptors (Lipinski definition) is 7. The van der Waals surface area contributed by atoms with Gasteiger partial charge in [0.1, 0.15) is 17.5 Å². The Bertz CT molecular complexity index is 1130. The third kappa shape index (κ3) is 4.78. The van der Waals surface area contributed by atoms with Crippen LogP contribution >= 0.6 is 11.3 Å². The third-order valence-electron chi connectivity index (χ3n) is 5.05. The minimum Gasteiger partial charge on any atom is -0.444 e. The highest BCUT2D eigenvalue weighted by Crippen LogP contribution is 2.38. The summed E-state index contributed by atoms with van der Waals surface area (Å²) in [5.74, 6) is 0.738.